The molecule has 0 aliphatic heterocycles. The predicted molar refractivity (Wildman–Crippen MR) is 89.0 cm³/mol. The van der Waals surface area contributed by atoms with Crippen molar-refractivity contribution in [1.82, 2.24) is 0 Å². The normalized spacial score (nSPS) is 13.8. The van der Waals surface area contributed by atoms with Crippen molar-refractivity contribution >= 4 is 11.6 Å². The van der Waals surface area contributed by atoms with Gasteiger partial charge in [-0.1, -0.05) is 48.4 Å². The van der Waals surface area contributed by atoms with Crippen molar-refractivity contribution in [2.45, 2.75) is 39.3 Å². The van der Waals surface area contributed by atoms with E-state index in [4.69, 9.17) is 22.1 Å². The van der Waals surface area contributed by atoms with Gasteiger partial charge in [0.2, 0.25) is 0 Å². The lowest BCUT2D eigenvalue weighted by Crippen LogP contribution is -2.31. The third-order valence-electron chi connectivity index (χ3n) is 3.62. The molecule has 0 saturated heterocycles. The van der Waals surface area contributed by atoms with Gasteiger partial charge in [-0.2, -0.15) is 0 Å². The van der Waals surface area contributed by atoms with Crippen LogP contribution in [-0.2, 0) is 0 Å². The first-order valence-electron chi connectivity index (χ1n) is 7.26. The van der Waals surface area contributed by atoms with Gasteiger partial charge in [0.25, 0.3) is 0 Å². The van der Waals surface area contributed by atoms with E-state index >= 15 is 0 Å². The van der Waals surface area contributed by atoms with Crippen LogP contribution in [0.3, 0.4) is 0 Å². The van der Waals surface area contributed by atoms with Gasteiger partial charge >= 0.3 is 0 Å². The van der Waals surface area contributed by atoms with Crippen molar-refractivity contribution in [3.63, 3.8) is 0 Å². The molecular weight excluding hydrogens is 282 g/mol. The lowest BCUT2D eigenvalue weighted by Gasteiger charge is -2.25. The fourth-order valence-corrected chi connectivity index (χ4v) is 2.42. The summed E-state index contributed by atoms with van der Waals surface area (Å²) < 4.78 is 6.16. The van der Waals surface area contributed by atoms with E-state index in [1.54, 1.807) is 0 Å². The van der Waals surface area contributed by atoms with E-state index in [-0.39, 0.29) is 12.1 Å². The largest absolute Gasteiger partial charge is 0.484 e. The van der Waals surface area contributed by atoms with Crippen molar-refractivity contribution < 1.29 is 4.74 Å². The number of halogens is 1. The van der Waals surface area contributed by atoms with Crippen molar-refractivity contribution in [2.24, 2.45) is 5.73 Å². The molecule has 0 aliphatic carbocycles. The zero-order valence-corrected chi connectivity index (χ0v) is 13.5. The Kier molecular flexibility index (Phi) is 5.27. The molecule has 0 fully saturated rings. The van der Waals surface area contributed by atoms with Crippen LogP contribution in [0.25, 0.3) is 0 Å². The molecule has 2 atom stereocenters. The zero-order chi connectivity index (χ0) is 15.4. The summed E-state index contributed by atoms with van der Waals surface area (Å²) in [5.41, 5.74) is 9.58. The Morgan fingerprint density at radius 1 is 1.14 bits per heavy atom. The zero-order valence-electron chi connectivity index (χ0n) is 12.8. The highest BCUT2D eigenvalue weighted by Gasteiger charge is 2.20. The number of nitrogens with two attached hydrogens (primary N) is 1. The summed E-state index contributed by atoms with van der Waals surface area (Å²) >= 11 is 6.06. The summed E-state index contributed by atoms with van der Waals surface area (Å²) in [7, 11) is 0. The van der Waals surface area contributed by atoms with Gasteiger partial charge in [0, 0.05) is 11.1 Å². The first-order chi connectivity index (χ1) is 10.0. The van der Waals surface area contributed by atoms with E-state index in [2.05, 4.69) is 32.0 Å². The smallest absolute Gasteiger partial charge is 0.139 e. The van der Waals surface area contributed by atoms with Crippen LogP contribution in [-0.4, -0.2) is 6.04 Å². The fraction of sp³-hybridized carbons (Fsp3) is 0.333. The molecule has 2 aromatic carbocycles. The third-order valence-corrected chi connectivity index (χ3v) is 4.05. The molecule has 21 heavy (non-hydrogen) atoms. The molecule has 0 aromatic heterocycles. The Bertz CT molecular complexity index is 612. The van der Waals surface area contributed by atoms with Gasteiger partial charge in [-0.3, -0.25) is 0 Å². The molecular formula is C18H22ClNO. The lowest BCUT2D eigenvalue weighted by atomic mass is 9.99. The lowest BCUT2D eigenvalue weighted by molar-refractivity contribution is 0.171. The van der Waals surface area contributed by atoms with Crippen molar-refractivity contribution in [3.8, 4) is 5.75 Å². The van der Waals surface area contributed by atoms with Gasteiger partial charge < -0.3 is 10.5 Å². The highest BCUT2D eigenvalue weighted by atomic mass is 35.5. The average molecular weight is 304 g/mol. The second kappa shape index (κ2) is 6.97. The summed E-state index contributed by atoms with van der Waals surface area (Å²) in [6, 6.07) is 14.0. The Hall–Kier alpha value is -1.51. The van der Waals surface area contributed by atoms with Gasteiger partial charge in [0.15, 0.2) is 0 Å². The van der Waals surface area contributed by atoms with Crippen LogP contribution in [0.4, 0.5) is 0 Å². The molecule has 0 spiro atoms. The van der Waals surface area contributed by atoms with E-state index in [0.29, 0.717) is 0 Å². The second-order valence-electron chi connectivity index (χ2n) is 5.44. The Morgan fingerprint density at radius 3 is 2.52 bits per heavy atom. The molecule has 3 heteroatoms. The molecule has 2 unspecified atom stereocenters. The number of ether oxygens (including phenoxy) is 1. The standard InChI is InChI=1S/C18H22ClNO/c1-4-17(20)18(14-7-5-6-12(2)10-14)21-15-8-9-16(19)13(3)11-15/h5-11,17-18H,4,20H2,1-3H3. The first-order valence-corrected chi connectivity index (χ1v) is 7.64. The summed E-state index contributed by atoms with van der Waals surface area (Å²) in [6.45, 7) is 6.12. The molecule has 2 N–H and O–H groups in total. The summed E-state index contributed by atoms with van der Waals surface area (Å²) in [5.74, 6) is 0.798. The number of rotatable bonds is 5. The van der Waals surface area contributed by atoms with Gasteiger partial charge in [-0.05, 0) is 49.6 Å². The number of aryl methyl sites for hydroxylation is 2. The highest BCUT2D eigenvalue weighted by molar-refractivity contribution is 6.31. The maximum atomic E-state index is 6.26. The van der Waals surface area contributed by atoms with E-state index in [1.807, 2.05) is 31.2 Å². The molecule has 0 saturated carbocycles. The van der Waals surface area contributed by atoms with E-state index < -0.39 is 0 Å². The molecule has 0 radical (unpaired) electrons. The Labute approximate surface area is 131 Å². The topological polar surface area (TPSA) is 35.2 Å². The van der Waals surface area contributed by atoms with Crippen LogP contribution in [0.5, 0.6) is 5.75 Å². The minimum atomic E-state index is -0.157. The van der Waals surface area contributed by atoms with Crippen LogP contribution in [0.15, 0.2) is 42.5 Å². The van der Waals surface area contributed by atoms with E-state index in [1.165, 1.54) is 5.56 Å². The molecule has 0 aliphatic rings. The van der Waals surface area contributed by atoms with Crippen LogP contribution < -0.4 is 10.5 Å². The van der Waals surface area contributed by atoms with Gasteiger partial charge in [-0.15, -0.1) is 0 Å². The van der Waals surface area contributed by atoms with Crippen molar-refractivity contribution in [1.29, 1.82) is 0 Å². The van der Waals surface area contributed by atoms with Crippen LogP contribution in [0, 0.1) is 13.8 Å². The van der Waals surface area contributed by atoms with Gasteiger partial charge in [0.05, 0.1) is 0 Å². The molecule has 0 amide bonds. The monoisotopic (exact) mass is 303 g/mol. The van der Waals surface area contributed by atoms with E-state index in [0.717, 1.165) is 28.3 Å². The van der Waals surface area contributed by atoms with Gasteiger partial charge in [0.1, 0.15) is 11.9 Å². The first kappa shape index (κ1) is 15.9. The van der Waals surface area contributed by atoms with Gasteiger partial charge in [-0.25, -0.2) is 0 Å². The van der Waals surface area contributed by atoms with Crippen LogP contribution in [0.1, 0.15) is 36.1 Å². The Morgan fingerprint density at radius 2 is 1.90 bits per heavy atom. The SMILES string of the molecule is CCC(N)C(Oc1ccc(Cl)c(C)c1)c1cccc(C)c1. The summed E-state index contributed by atoms with van der Waals surface area (Å²) in [6.07, 6.45) is 0.695. The summed E-state index contributed by atoms with van der Waals surface area (Å²) in [5, 5.41) is 0.745. The second-order valence-corrected chi connectivity index (χ2v) is 5.84. The molecule has 0 heterocycles. The predicted octanol–water partition coefficient (Wildman–Crippen LogP) is 4.81. The number of hydrogen-bond acceptors (Lipinski definition) is 2. The van der Waals surface area contributed by atoms with Crippen LogP contribution >= 0.6 is 11.6 Å². The maximum absolute atomic E-state index is 6.26. The quantitative estimate of drug-likeness (QED) is 0.860. The molecule has 2 nitrogen and oxygen atoms in total. The average Bonchev–Trinajstić information content (AvgIpc) is 2.47. The number of hydrogen-bond donors (Lipinski definition) is 1. The third kappa shape index (κ3) is 3.99. The minimum absolute atomic E-state index is 0.0530. The maximum Gasteiger partial charge on any atom is 0.139 e. The fourth-order valence-electron chi connectivity index (χ4n) is 2.30. The number of benzene rings is 2. The molecule has 2 aromatic rings. The Balaban J connectivity index is 2.30. The van der Waals surface area contributed by atoms with Crippen molar-refractivity contribution in [3.05, 3.63) is 64.2 Å². The van der Waals surface area contributed by atoms with Crippen LogP contribution in [0.2, 0.25) is 5.02 Å². The molecule has 2 rings (SSSR count). The summed E-state index contributed by atoms with van der Waals surface area (Å²) in [4.78, 5) is 0. The van der Waals surface area contributed by atoms with E-state index in [9.17, 15) is 0 Å². The highest BCUT2D eigenvalue weighted by Crippen LogP contribution is 2.28. The van der Waals surface area contributed by atoms with Crippen molar-refractivity contribution in [2.75, 3.05) is 0 Å². The molecule has 0 bridgehead atoms. The molecule has 112 valence electrons. The minimum Gasteiger partial charge on any atom is -0.484 e.